The first-order valence-corrected chi connectivity index (χ1v) is 6.59. The van der Waals surface area contributed by atoms with Crippen LogP contribution in [0.4, 0.5) is 11.8 Å². The van der Waals surface area contributed by atoms with Gasteiger partial charge in [-0.05, 0) is 6.92 Å². The largest absolute Gasteiger partial charge is 0.368 e. The molecule has 0 radical (unpaired) electrons. The third-order valence-corrected chi connectivity index (χ3v) is 3.31. The van der Waals surface area contributed by atoms with Crippen molar-refractivity contribution in [3.05, 3.63) is 27.3 Å². The van der Waals surface area contributed by atoms with Crippen LogP contribution in [0, 0.1) is 6.92 Å². The first-order valence-electron chi connectivity index (χ1n) is 5.33. The van der Waals surface area contributed by atoms with Gasteiger partial charge in [0.1, 0.15) is 5.02 Å². The zero-order valence-electron chi connectivity index (χ0n) is 9.77. The average Bonchev–Trinajstić information content (AvgIpc) is 2.77. The molecular weight excluding hydrogens is 272 g/mol. The molecule has 0 bridgehead atoms. The van der Waals surface area contributed by atoms with Crippen molar-refractivity contribution in [1.82, 2.24) is 15.0 Å². The molecule has 0 saturated heterocycles. The highest BCUT2D eigenvalue weighted by Crippen LogP contribution is 2.19. The number of aromatic nitrogens is 3. The van der Waals surface area contributed by atoms with Gasteiger partial charge >= 0.3 is 0 Å². The maximum atomic E-state index is 5.97. The van der Waals surface area contributed by atoms with Crippen molar-refractivity contribution in [3.8, 4) is 0 Å². The minimum Gasteiger partial charge on any atom is -0.368 e. The first kappa shape index (κ1) is 13.0. The Kier molecular flexibility index (Phi) is 4.29. The molecule has 0 saturated carbocycles. The molecule has 2 rings (SSSR count). The molecule has 2 aromatic rings. The summed E-state index contributed by atoms with van der Waals surface area (Å²) in [5.74, 6) is 6.12. The SMILES string of the molecule is Cc1nc(CCNc2nc(NN)ncc2Cl)cs1. The third kappa shape index (κ3) is 3.28. The molecule has 0 atom stereocenters. The lowest BCUT2D eigenvalue weighted by Crippen LogP contribution is -2.13. The van der Waals surface area contributed by atoms with Crippen LogP contribution in [0.2, 0.25) is 5.02 Å². The quantitative estimate of drug-likeness (QED) is 0.573. The number of hydrogen-bond donors (Lipinski definition) is 3. The second-order valence-electron chi connectivity index (χ2n) is 3.57. The number of nitrogen functional groups attached to an aromatic ring is 1. The van der Waals surface area contributed by atoms with Crippen molar-refractivity contribution in [2.75, 3.05) is 17.3 Å². The van der Waals surface area contributed by atoms with E-state index in [1.165, 1.54) is 6.20 Å². The van der Waals surface area contributed by atoms with Gasteiger partial charge in [-0.15, -0.1) is 11.3 Å². The van der Waals surface area contributed by atoms with Crippen LogP contribution >= 0.6 is 22.9 Å². The van der Waals surface area contributed by atoms with Crippen molar-refractivity contribution >= 4 is 34.7 Å². The third-order valence-electron chi connectivity index (χ3n) is 2.21. The van der Waals surface area contributed by atoms with Gasteiger partial charge in [0, 0.05) is 18.3 Å². The lowest BCUT2D eigenvalue weighted by atomic mass is 10.3. The van der Waals surface area contributed by atoms with E-state index in [9.17, 15) is 0 Å². The standard InChI is InChI=1S/C10H13ClN6S/c1-6-15-7(5-18-6)2-3-13-9-8(11)4-14-10(16-9)17-12/h4-5H,2-3,12H2,1H3,(H2,13,14,16,17). The summed E-state index contributed by atoms with van der Waals surface area (Å²) < 4.78 is 0. The number of rotatable bonds is 5. The normalized spacial score (nSPS) is 10.4. The number of thiazole rings is 1. The second kappa shape index (κ2) is 5.94. The summed E-state index contributed by atoms with van der Waals surface area (Å²) in [7, 11) is 0. The molecule has 0 unspecified atom stereocenters. The molecule has 0 aliphatic heterocycles. The highest BCUT2D eigenvalue weighted by atomic mass is 35.5. The van der Waals surface area contributed by atoms with Crippen LogP contribution in [0.3, 0.4) is 0 Å². The lowest BCUT2D eigenvalue weighted by Gasteiger charge is -2.07. The van der Waals surface area contributed by atoms with Crippen LogP contribution < -0.4 is 16.6 Å². The first-order chi connectivity index (χ1) is 8.69. The van der Waals surface area contributed by atoms with Gasteiger partial charge < -0.3 is 5.32 Å². The Morgan fingerprint density at radius 2 is 2.28 bits per heavy atom. The van der Waals surface area contributed by atoms with Gasteiger partial charge in [0.2, 0.25) is 5.95 Å². The molecule has 0 fully saturated rings. The molecule has 0 aromatic carbocycles. The molecule has 18 heavy (non-hydrogen) atoms. The number of hydrazine groups is 1. The Hall–Kier alpha value is -1.44. The van der Waals surface area contributed by atoms with E-state index in [2.05, 4.69) is 25.7 Å². The fraction of sp³-hybridized carbons (Fsp3) is 0.300. The Balaban J connectivity index is 1.93. The van der Waals surface area contributed by atoms with Gasteiger partial charge in [0.05, 0.1) is 16.9 Å². The fourth-order valence-corrected chi connectivity index (χ4v) is 2.20. The van der Waals surface area contributed by atoms with E-state index in [1.807, 2.05) is 12.3 Å². The summed E-state index contributed by atoms with van der Waals surface area (Å²) in [6, 6.07) is 0. The van der Waals surface area contributed by atoms with Crippen molar-refractivity contribution in [2.24, 2.45) is 5.84 Å². The Labute approximate surface area is 114 Å². The smallest absolute Gasteiger partial charge is 0.239 e. The van der Waals surface area contributed by atoms with Crippen LogP contribution in [0.1, 0.15) is 10.7 Å². The maximum Gasteiger partial charge on any atom is 0.239 e. The van der Waals surface area contributed by atoms with Crippen molar-refractivity contribution in [2.45, 2.75) is 13.3 Å². The van der Waals surface area contributed by atoms with Gasteiger partial charge in [-0.2, -0.15) is 4.98 Å². The Morgan fingerprint density at radius 3 is 2.94 bits per heavy atom. The zero-order valence-corrected chi connectivity index (χ0v) is 11.3. The van der Waals surface area contributed by atoms with Crippen LogP contribution in [-0.4, -0.2) is 21.5 Å². The van der Waals surface area contributed by atoms with Gasteiger partial charge in [0.25, 0.3) is 0 Å². The highest BCUT2D eigenvalue weighted by Gasteiger charge is 2.05. The van der Waals surface area contributed by atoms with Gasteiger partial charge in [-0.1, -0.05) is 11.6 Å². The van der Waals surface area contributed by atoms with Gasteiger partial charge in [-0.3, -0.25) is 5.43 Å². The second-order valence-corrected chi connectivity index (χ2v) is 5.04. The van der Waals surface area contributed by atoms with Crippen LogP contribution in [0.25, 0.3) is 0 Å². The summed E-state index contributed by atoms with van der Waals surface area (Å²) in [5.41, 5.74) is 3.44. The molecule has 2 heterocycles. The summed E-state index contributed by atoms with van der Waals surface area (Å²) in [5, 5.41) is 6.71. The average molecular weight is 285 g/mol. The molecule has 6 nitrogen and oxygen atoms in total. The Morgan fingerprint density at radius 1 is 1.44 bits per heavy atom. The number of nitrogens with one attached hydrogen (secondary N) is 2. The number of nitrogens with zero attached hydrogens (tertiary/aromatic N) is 3. The molecule has 4 N–H and O–H groups in total. The molecular formula is C10H13ClN6S. The highest BCUT2D eigenvalue weighted by molar-refractivity contribution is 7.09. The maximum absolute atomic E-state index is 5.97. The van der Waals surface area contributed by atoms with Crippen molar-refractivity contribution < 1.29 is 0 Å². The predicted octanol–water partition coefficient (Wildman–Crippen LogP) is 1.84. The van der Waals surface area contributed by atoms with Crippen LogP contribution in [-0.2, 0) is 6.42 Å². The summed E-state index contributed by atoms with van der Waals surface area (Å²) >= 11 is 7.61. The molecule has 2 aromatic heterocycles. The summed E-state index contributed by atoms with van der Waals surface area (Å²) in [6.45, 7) is 2.69. The molecule has 0 aliphatic rings. The molecule has 0 aliphatic carbocycles. The fourth-order valence-electron chi connectivity index (χ4n) is 1.39. The molecule has 8 heteroatoms. The van der Waals surface area contributed by atoms with E-state index in [4.69, 9.17) is 17.4 Å². The number of halogens is 1. The minimum absolute atomic E-state index is 0.325. The van der Waals surface area contributed by atoms with E-state index in [0.29, 0.717) is 23.3 Å². The van der Waals surface area contributed by atoms with Crippen molar-refractivity contribution in [3.63, 3.8) is 0 Å². The number of hydrogen-bond acceptors (Lipinski definition) is 7. The van der Waals surface area contributed by atoms with Crippen LogP contribution in [0.5, 0.6) is 0 Å². The monoisotopic (exact) mass is 284 g/mol. The van der Waals surface area contributed by atoms with E-state index in [1.54, 1.807) is 11.3 Å². The van der Waals surface area contributed by atoms with E-state index >= 15 is 0 Å². The van der Waals surface area contributed by atoms with Crippen LogP contribution in [0.15, 0.2) is 11.6 Å². The van der Waals surface area contributed by atoms with Crippen molar-refractivity contribution in [1.29, 1.82) is 0 Å². The van der Waals surface area contributed by atoms with E-state index in [-0.39, 0.29) is 0 Å². The van der Waals surface area contributed by atoms with Gasteiger partial charge in [0.15, 0.2) is 5.82 Å². The molecule has 96 valence electrons. The molecule has 0 spiro atoms. The number of aryl methyl sites for hydroxylation is 1. The summed E-state index contributed by atoms with van der Waals surface area (Å²) in [4.78, 5) is 12.4. The molecule has 0 amide bonds. The minimum atomic E-state index is 0.325. The Bertz CT molecular complexity index is 529. The summed E-state index contributed by atoms with van der Waals surface area (Å²) in [6.07, 6.45) is 2.31. The lowest BCUT2D eigenvalue weighted by molar-refractivity contribution is 0.956. The van der Waals surface area contributed by atoms with E-state index in [0.717, 1.165) is 17.1 Å². The zero-order chi connectivity index (χ0) is 13.0. The van der Waals surface area contributed by atoms with E-state index < -0.39 is 0 Å². The topological polar surface area (TPSA) is 88.8 Å². The van der Waals surface area contributed by atoms with Gasteiger partial charge in [-0.25, -0.2) is 15.8 Å². The number of anilines is 2. The predicted molar refractivity (Wildman–Crippen MR) is 73.9 cm³/mol. The number of nitrogens with two attached hydrogens (primary N) is 1.